The highest BCUT2D eigenvalue weighted by atomic mass is 35.5. The SMILES string of the molecule is C=C1CCNCc2c1c(=O)c(OCc1ccccc1)c1n2CCN(Cc2ccc(F)c(Cl)c2)C1=O. The molecule has 8 heteroatoms. The molecule has 180 valence electrons. The summed E-state index contributed by atoms with van der Waals surface area (Å²) in [5, 5.41) is 3.33. The Labute approximate surface area is 207 Å². The molecule has 3 heterocycles. The molecule has 3 aromatic rings. The maximum Gasteiger partial charge on any atom is 0.274 e. The van der Waals surface area contributed by atoms with Gasteiger partial charge in [0.2, 0.25) is 5.43 Å². The Bertz CT molecular complexity index is 1370. The maximum atomic E-state index is 13.7. The van der Waals surface area contributed by atoms with Gasteiger partial charge in [-0.2, -0.15) is 0 Å². The van der Waals surface area contributed by atoms with E-state index in [2.05, 4.69) is 11.9 Å². The predicted molar refractivity (Wildman–Crippen MR) is 133 cm³/mol. The molecular formula is C27H25ClFN3O3. The smallest absolute Gasteiger partial charge is 0.274 e. The lowest BCUT2D eigenvalue weighted by molar-refractivity contribution is 0.0678. The molecule has 35 heavy (non-hydrogen) atoms. The van der Waals surface area contributed by atoms with Gasteiger partial charge in [-0.05, 0) is 41.8 Å². The summed E-state index contributed by atoms with van der Waals surface area (Å²) < 4.78 is 21.6. The number of fused-ring (bicyclic) bond motifs is 3. The maximum absolute atomic E-state index is 13.7. The number of nitrogens with one attached hydrogen (secondary N) is 1. The minimum Gasteiger partial charge on any atom is -0.483 e. The van der Waals surface area contributed by atoms with Crippen molar-refractivity contribution in [2.24, 2.45) is 0 Å². The highest BCUT2D eigenvalue weighted by molar-refractivity contribution is 6.30. The summed E-state index contributed by atoms with van der Waals surface area (Å²) in [5.74, 6) is -0.777. The number of aromatic nitrogens is 1. The number of nitrogens with zero attached hydrogens (tertiary/aromatic N) is 2. The number of ether oxygens (including phenoxy) is 1. The summed E-state index contributed by atoms with van der Waals surface area (Å²) >= 11 is 5.94. The van der Waals surface area contributed by atoms with Crippen LogP contribution in [0.3, 0.4) is 0 Å². The van der Waals surface area contributed by atoms with Gasteiger partial charge in [0, 0.05) is 37.4 Å². The van der Waals surface area contributed by atoms with Crippen molar-refractivity contribution in [3.05, 3.63) is 104 Å². The molecular weight excluding hydrogens is 469 g/mol. The van der Waals surface area contributed by atoms with E-state index in [-0.39, 0.29) is 41.0 Å². The van der Waals surface area contributed by atoms with Gasteiger partial charge in [0.05, 0.1) is 5.02 Å². The number of halogens is 2. The van der Waals surface area contributed by atoms with Crippen LogP contribution in [0.25, 0.3) is 5.57 Å². The molecule has 0 fully saturated rings. The number of carbonyl (C=O) groups excluding carboxylic acids is 1. The molecule has 6 nitrogen and oxygen atoms in total. The second-order valence-electron chi connectivity index (χ2n) is 8.76. The molecule has 5 rings (SSSR count). The molecule has 0 radical (unpaired) electrons. The molecule has 0 saturated carbocycles. The summed E-state index contributed by atoms with van der Waals surface area (Å²) in [6.07, 6.45) is 0.644. The van der Waals surface area contributed by atoms with Crippen LogP contribution in [0, 0.1) is 5.82 Å². The van der Waals surface area contributed by atoms with Crippen molar-refractivity contribution in [3.63, 3.8) is 0 Å². The highest BCUT2D eigenvalue weighted by Crippen LogP contribution is 2.30. The van der Waals surface area contributed by atoms with Crippen molar-refractivity contribution in [2.45, 2.75) is 32.7 Å². The number of amides is 1. The van der Waals surface area contributed by atoms with Crippen molar-refractivity contribution in [2.75, 3.05) is 13.1 Å². The monoisotopic (exact) mass is 493 g/mol. The Morgan fingerprint density at radius 2 is 1.89 bits per heavy atom. The minimum atomic E-state index is -0.510. The van der Waals surface area contributed by atoms with Gasteiger partial charge in [-0.3, -0.25) is 9.59 Å². The lowest BCUT2D eigenvalue weighted by atomic mass is 10.00. The van der Waals surface area contributed by atoms with Crippen LogP contribution in [-0.4, -0.2) is 28.5 Å². The molecule has 0 saturated heterocycles. The fourth-order valence-electron chi connectivity index (χ4n) is 4.67. The summed E-state index contributed by atoms with van der Waals surface area (Å²) in [6, 6.07) is 13.9. The van der Waals surface area contributed by atoms with Crippen LogP contribution in [0.1, 0.15) is 39.3 Å². The molecule has 0 unspecified atom stereocenters. The summed E-state index contributed by atoms with van der Waals surface area (Å²) in [7, 11) is 0. The van der Waals surface area contributed by atoms with Crippen molar-refractivity contribution in [3.8, 4) is 5.75 Å². The Hall–Kier alpha value is -3.42. The summed E-state index contributed by atoms with van der Waals surface area (Å²) in [5.41, 5.74) is 3.56. The highest BCUT2D eigenvalue weighted by Gasteiger charge is 2.34. The van der Waals surface area contributed by atoms with Crippen molar-refractivity contribution in [1.29, 1.82) is 0 Å². The number of pyridine rings is 1. The molecule has 2 aliphatic heterocycles. The van der Waals surface area contributed by atoms with E-state index in [4.69, 9.17) is 16.3 Å². The van der Waals surface area contributed by atoms with Crippen LogP contribution in [0.4, 0.5) is 4.39 Å². The largest absolute Gasteiger partial charge is 0.483 e. The zero-order valence-corrected chi connectivity index (χ0v) is 19.9. The quantitative estimate of drug-likeness (QED) is 0.573. The zero-order valence-electron chi connectivity index (χ0n) is 19.2. The first-order valence-electron chi connectivity index (χ1n) is 11.5. The average molecular weight is 494 g/mol. The first-order chi connectivity index (χ1) is 16.9. The number of hydrogen-bond acceptors (Lipinski definition) is 4. The van der Waals surface area contributed by atoms with Crippen molar-refractivity contribution < 1.29 is 13.9 Å². The Morgan fingerprint density at radius 1 is 1.09 bits per heavy atom. The first-order valence-corrected chi connectivity index (χ1v) is 11.9. The molecule has 1 amide bonds. The Kier molecular flexibility index (Phi) is 6.45. The Morgan fingerprint density at radius 3 is 2.66 bits per heavy atom. The standard InChI is InChI=1S/C27H25ClFN3O3/c1-17-9-10-30-14-22-23(17)25(33)26(35-16-18-5-3-2-4-6-18)24-27(34)31(11-12-32(22)24)15-19-7-8-21(29)20(28)13-19/h2-8,13,30H,1,9-12,14-16H2. The van der Waals surface area contributed by atoms with Gasteiger partial charge in [-0.1, -0.05) is 54.6 Å². The van der Waals surface area contributed by atoms with Gasteiger partial charge in [-0.25, -0.2) is 4.39 Å². The van der Waals surface area contributed by atoms with Gasteiger partial charge in [-0.15, -0.1) is 0 Å². The lowest BCUT2D eigenvalue weighted by Crippen LogP contribution is -2.43. The number of carbonyl (C=O) groups is 1. The molecule has 0 atom stereocenters. The van der Waals surface area contributed by atoms with Gasteiger partial charge in [0.1, 0.15) is 12.4 Å². The van der Waals surface area contributed by atoms with Crippen LogP contribution >= 0.6 is 11.6 Å². The third kappa shape index (κ3) is 4.49. The normalized spacial score (nSPS) is 15.4. The van der Waals surface area contributed by atoms with E-state index >= 15 is 0 Å². The van der Waals surface area contributed by atoms with E-state index < -0.39 is 5.82 Å². The first kappa shape index (κ1) is 23.3. The summed E-state index contributed by atoms with van der Waals surface area (Å²) in [6.45, 7) is 6.64. The van der Waals surface area contributed by atoms with E-state index in [1.165, 1.54) is 12.1 Å². The van der Waals surface area contributed by atoms with Crippen molar-refractivity contribution in [1.82, 2.24) is 14.8 Å². The molecule has 2 aliphatic rings. The average Bonchev–Trinajstić information content (AvgIpc) is 3.05. The number of hydrogen-bond donors (Lipinski definition) is 1. The fourth-order valence-corrected chi connectivity index (χ4v) is 4.87. The van der Waals surface area contributed by atoms with E-state index in [1.807, 2.05) is 34.9 Å². The van der Waals surface area contributed by atoms with E-state index in [9.17, 15) is 14.0 Å². The van der Waals surface area contributed by atoms with Gasteiger partial charge in [0.25, 0.3) is 5.91 Å². The molecule has 0 aliphatic carbocycles. The molecule has 1 aromatic heterocycles. The van der Waals surface area contributed by atoms with Crippen LogP contribution in [0.5, 0.6) is 5.75 Å². The summed E-state index contributed by atoms with van der Waals surface area (Å²) in [4.78, 5) is 29.1. The second kappa shape index (κ2) is 9.68. The van der Waals surface area contributed by atoms with Crippen LogP contribution in [0.2, 0.25) is 5.02 Å². The van der Waals surface area contributed by atoms with Crippen LogP contribution in [0.15, 0.2) is 59.9 Å². The second-order valence-corrected chi connectivity index (χ2v) is 9.17. The van der Waals surface area contributed by atoms with Gasteiger partial charge >= 0.3 is 0 Å². The third-order valence-electron chi connectivity index (χ3n) is 6.45. The fraction of sp³-hybridized carbons (Fsp3) is 0.259. The van der Waals surface area contributed by atoms with Crippen LogP contribution in [-0.2, 0) is 26.2 Å². The van der Waals surface area contributed by atoms with Gasteiger partial charge < -0.3 is 19.5 Å². The van der Waals surface area contributed by atoms with Gasteiger partial charge in [0.15, 0.2) is 11.4 Å². The topological polar surface area (TPSA) is 63.6 Å². The minimum absolute atomic E-state index is 0.00497. The molecule has 0 bridgehead atoms. The third-order valence-corrected chi connectivity index (χ3v) is 6.74. The van der Waals surface area contributed by atoms with E-state index in [1.54, 1.807) is 11.0 Å². The predicted octanol–water partition coefficient (Wildman–Crippen LogP) is 4.38. The number of rotatable bonds is 5. The zero-order chi connectivity index (χ0) is 24.5. The van der Waals surface area contributed by atoms with Crippen LogP contribution < -0.4 is 15.5 Å². The molecule has 1 N–H and O–H groups in total. The molecule has 0 spiro atoms. The number of benzene rings is 2. The Balaban J connectivity index is 1.57. The van der Waals surface area contributed by atoms with Crippen molar-refractivity contribution >= 4 is 23.1 Å². The van der Waals surface area contributed by atoms with E-state index in [0.717, 1.165) is 16.8 Å². The van der Waals surface area contributed by atoms with E-state index in [0.29, 0.717) is 43.7 Å². The molecule has 2 aromatic carbocycles. The lowest BCUT2D eigenvalue weighted by Gasteiger charge is -2.33.